The smallest absolute Gasteiger partial charge is 0.0204 e. The molecule has 0 aliphatic carbocycles. The molecule has 0 aromatic carbocycles. The maximum atomic E-state index is 3.63. The molecule has 15 heavy (non-hydrogen) atoms. The highest BCUT2D eigenvalue weighted by molar-refractivity contribution is 4.77. The second kappa shape index (κ2) is 6.46. The van der Waals surface area contributed by atoms with Gasteiger partial charge in [-0.2, -0.15) is 0 Å². The third-order valence-corrected chi connectivity index (χ3v) is 3.59. The predicted molar refractivity (Wildman–Crippen MR) is 64.2 cm³/mol. The fraction of sp³-hybridized carbons (Fsp3) is 1.00. The van der Waals surface area contributed by atoms with Crippen LogP contribution in [0.1, 0.15) is 32.1 Å². The zero-order valence-electron chi connectivity index (χ0n) is 9.80. The Labute approximate surface area is 93.6 Å². The zero-order valence-corrected chi connectivity index (χ0v) is 9.80. The van der Waals surface area contributed by atoms with Crippen LogP contribution in [0, 0.1) is 0 Å². The van der Waals surface area contributed by atoms with Gasteiger partial charge in [0, 0.05) is 12.6 Å². The maximum absolute atomic E-state index is 3.63. The summed E-state index contributed by atoms with van der Waals surface area (Å²) in [5.41, 5.74) is 0. The first-order valence-electron chi connectivity index (χ1n) is 6.61. The fourth-order valence-corrected chi connectivity index (χ4v) is 2.62. The van der Waals surface area contributed by atoms with E-state index in [1.807, 2.05) is 0 Å². The van der Waals surface area contributed by atoms with Crippen LogP contribution in [-0.2, 0) is 0 Å². The molecule has 88 valence electrons. The highest BCUT2D eigenvalue weighted by Crippen LogP contribution is 2.08. The van der Waals surface area contributed by atoms with Crippen molar-refractivity contribution in [1.82, 2.24) is 15.5 Å². The number of nitrogens with zero attached hydrogens (tertiary/aromatic N) is 1. The summed E-state index contributed by atoms with van der Waals surface area (Å²) in [5.74, 6) is 0. The van der Waals surface area contributed by atoms with Crippen LogP contribution in [-0.4, -0.2) is 50.2 Å². The molecule has 0 saturated carbocycles. The van der Waals surface area contributed by atoms with Gasteiger partial charge in [-0.05, 0) is 58.4 Å². The minimum atomic E-state index is 0.742. The van der Waals surface area contributed by atoms with Crippen molar-refractivity contribution in [2.24, 2.45) is 0 Å². The summed E-state index contributed by atoms with van der Waals surface area (Å²) in [6, 6.07) is 0.742. The Morgan fingerprint density at radius 1 is 1.20 bits per heavy atom. The average Bonchev–Trinajstić information content (AvgIpc) is 2.79. The molecule has 2 N–H and O–H groups in total. The molecule has 0 aromatic rings. The SMILES string of the molecule is C1CCN(CCCNC2CCNC2)CC1. The number of hydrogen-bond donors (Lipinski definition) is 2. The molecule has 2 aliphatic heterocycles. The lowest BCUT2D eigenvalue weighted by Crippen LogP contribution is -2.35. The van der Waals surface area contributed by atoms with Gasteiger partial charge in [-0.25, -0.2) is 0 Å². The number of rotatable bonds is 5. The molecular weight excluding hydrogens is 186 g/mol. The van der Waals surface area contributed by atoms with Crippen molar-refractivity contribution in [1.29, 1.82) is 0 Å². The van der Waals surface area contributed by atoms with E-state index >= 15 is 0 Å². The van der Waals surface area contributed by atoms with Gasteiger partial charge in [0.05, 0.1) is 0 Å². The fourth-order valence-electron chi connectivity index (χ4n) is 2.62. The number of nitrogens with one attached hydrogen (secondary N) is 2. The molecule has 3 nitrogen and oxygen atoms in total. The van der Waals surface area contributed by atoms with Gasteiger partial charge in [-0.15, -0.1) is 0 Å². The normalized spacial score (nSPS) is 28.4. The Hall–Kier alpha value is -0.120. The van der Waals surface area contributed by atoms with Crippen molar-refractivity contribution in [2.75, 3.05) is 39.3 Å². The first-order valence-corrected chi connectivity index (χ1v) is 6.61. The Morgan fingerprint density at radius 3 is 2.80 bits per heavy atom. The molecule has 2 aliphatic rings. The molecule has 2 rings (SSSR count). The second-order valence-electron chi connectivity index (χ2n) is 4.90. The lowest BCUT2D eigenvalue weighted by atomic mass is 10.1. The van der Waals surface area contributed by atoms with Crippen LogP contribution in [0.2, 0.25) is 0 Å². The molecule has 0 spiro atoms. The third-order valence-electron chi connectivity index (χ3n) is 3.59. The summed E-state index contributed by atoms with van der Waals surface area (Å²) in [5, 5.41) is 7.02. The number of likely N-dealkylation sites (tertiary alicyclic amines) is 1. The summed E-state index contributed by atoms with van der Waals surface area (Å²) in [4.78, 5) is 2.62. The van der Waals surface area contributed by atoms with E-state index in [-0.39, 0.29) is 0 Å². The molecule has 0 aromatic heterocycles. The van der Waals surface area contributed by atoms with E-state index in [1.165, 1.54) is 71.4 Å². The number of piperidine rings is 1. The molecule has 2 fully saturated rings. The van der Waals surface area contributed by atoms with Crippen LogP contribution >= 0.6 is 0 Å². The maximum Gasteiger partial charge on any atom is 0.0204 e. The first kappa shape index (κ1) is 11.4. The minimum absolute atomic E-state index is 0.742. The van der Waals surface area contributed by atoms with Crippen molar-refractivity contribution in [3.05, 3.63) is 0 Å². The standard InChI is InChI=1S/C12H25N3/c1-2-8-15(9-3-1)10-4-6-14-12-5-7-13-11-12/h12-14H,1-11H2. The van der Waals surface area contributed by atoms with Crippen LogP contribution in [0.3, 0.4) is 0 Å². The highest BCUT2D eigenvalue weighted by Gasteiger charge is 2.13. The summed E-state index contributed by atoms with van der Waals surface area (Å²) >= 11 is 0. The van der Waals surface area contributed by atoms with Crippen molar-refractivity contribution in [2.45, 2.75) is 38.1 Å². The lowest BCUT2D eigenvalue weighted by Gasteiger charge is -2.26. The van der Waals surface area contributed by atoms with Crippen molar-refractivity contribution in [3.8, 4) is 0 Å². The molecule has 1 atom stereocenters. The van der Waals surface area contributed by atoms with Crippen molar-refractivity contribution >= 4 is 0 Å². The topological polar surface area (TPSA) is 27.3 Å². The predicted octanol–water partition coefficient (Wildman–Crippen LogP) is 0.814. The Kier molecular flexibility index (Phi) is 4.90. The van der Waals surface area contributed by atoms with Gasteiger partial charge in [-0.1, -0.05) is 6.42 Å². The highest BCUT2D eigenvalue weighted by atomic mass is 15.1. The molecule has 0 bridgehead atoms. The van der Waals surface area contributed by atoms with E-state index in [2.05, 4.69) is 15.5 Å². The monoisotopic (exact) mass is 211 g/mol. The molecule has 0 amide bonds. The van der Waals surface area contributed by atoms with E-state index in [0.29, 0.717) is 0 Å². The van der Waals surface area contributed by atoms with E-state index in [1.54, 1.807) is 0 Å². The summed E-state index contributed by atoms with van der Waals surface area (Å²) in [6.07, 6.45) is 6.91. The van der Waals surface area contributed by atoms with Gasteiger partial charge < -0.3 is 15.5 Å². The molecule has 0 radical (unpaired) electrons. The summed E-state index contributed by atoms with van der Waals surface area (Å²) in [7, 11) is 0. The number of hydrogen-bond acceptors (Lipinski definition) is 3. The van der Waals surface area contributed by atoms with E-state index < -0.39 is 0 Å². The Bertz CT molecular complexity index is 160. The van der Waals surface area contributed by atoms with Gasteiger partial charge in [-0.3, -0.25) is 0 Å². The lowest BCUT2D eigenvalue weighted by molar-refractivity contribution is 0.225. The van der Waals surface area contributed by atoms with Gasteiger partial charge >= 0.3 is 0 Å². The van der Waals surface area contributed by atoms with Crippen LogP contribution in [0.25, 0.3) is 0 Å². The van der Waals surface area contributed by atoms with Crippen LogP contribution < -0.4 is 10.6 Å². The van der Waals surface area contributed by atoms with Gasteiger partial charge in [0.25, 0.3) is 0 Å². The summed E-state index contributed by atoms with van der Waals surface area (Å²) in [6.45, 7) is 7.54. The molecular formula is C12H25N3. The van der Waals surface area contributed by atoms with Gasteiger partial charge in [0.1, 0.15) is 0 Å². The van der Waals surface area contributed by atoms with E-state index in [0.717, 1.165) is 6.04 Å². The minimum Gasteiger partial charge on any atom is -0.315 e. The van der Waals surface area contributed by atoms with Crippen LogP contribution in [0.5, 0.6) is 0 Å². The quantitative estimate of drug-likeness (QED) is 0.659. The zero-order chi connectivity index (χ0) is 10.3. The Balaban J connectivity index is 1.47. The van der Waals surface area contributed by atoms with Crippen LogP contribution in [0.15, 0.2) is 0 Å². The Morgan fingerprint density at radius 2 is 2.07 bits per heavy atom. The summed E-state index contributed by atoms with van der Waals surface area (Å²) < 4.78 is 0. The first-order chi connectivity index (χ1) is 7.45. The largest absolute Gasteiger partial charge is 0.315 e. The van der Waals surface area contributed by atoms with Gasteiger partial charge in [0.15, 0.2) is 0 Å². The van der Waals surface area contributed by atoms with E-state index in [9.17, 15) is 0 Å². The molecule has 2 saturated heterocycles. The molecule has 3 heteroatoms. The molecule has 1 unspecified atom stereocenters. The van der Waals surface area contributed by atoms with Gasteiger partial charge in [0.2, 0.25) is 0 Å². The van der Waals surface area contributed by atoms with Crippen molar-refractivity contribution in [3.63, 3.8) is 0 Å². The molecule has 2 heterocycles. The third kappa shape index (κ3) is 4.09. The van der Waals surface area contributed by atoms with Crippen LogP contribution in [0.4, 0.5) is 0 Å². The van der Waals surface area contributed by atoms with E-state index in [4.69, 9.17) is 0 Å². The average molecular weight is 211 g/mol. The second-order valence-corrected chi connectivity index (χ2v) is 4.90. The van der Waals surface area contributed by atoms with Crippen molar-refractivity contribution < 1.29 is 0 Å².